The number of hydrogen-bond donors (Lipinski definition) is 4. The number of hydrogen-bond acceptors (Lipinski definition) is 8. The molecule has 2 saturated heterocycles. The Morgan fingerprint density at radius 2 is 1.67 bits per heavy atom. The van der Waals surface area contributed by atoms with Crippen LogP contribution in [0.4, 0.5) is 0 Å². The quantitative estimate of drug-likeness (QED) is 0.152. The first kappa shape index (κ1) is 44.8. The molecule has 55 heavy (non-hydrogen) atoms. The number of likely N-dealkylation sites (N-methyl/N-ethyl adjacent to an activating group) is 2. The van der Waals surface area contributed by atoms with E-state index in [1.807, 2.05) is 34.7 Å². The average molecular weight is 792 g/mol. The van der Waals surface area contributed by atoms with Gasteiger partial charge >= 0.3 is 7.60 Å². The van der Waals surface area contributed by atoms with Gasteiger partial charge in [0.1, 0.15) is 11.8 Å². The van der Waals surface area contributed by atoms with Crippen molar-refractivity contribution in [2.45, 2.75) is 134 Å². The molecule has 1 aliphatic carbocycles. The van der Waals surface area contributed by atoms with Crippen molar-refractivity contribution in [2.75, 3.05) is 34.9 Å². The van der Waals surface area contributed by atoms with Gasteiger partial charge in [-0.15, -0.1) is 0 Å². The van der Waals surface area contributed by atoms with Gasteiger partial charge in [-0.25, -0.2) is 0 Å². The van der Waals surface area contributed by atoms with Crippen molar-refractivity contribution in [3.05, 3.63) is 35.9 Å². The van der Waals surface area contributed by atoms with Crippen LogP contribution in [0.3, 0.4) is 0 Å². The molecule has 0 aromatic heterocycles. The van der Waals surface area contributed by atoms with E-state index in [0.29, 0.717) is 36.9 Å². The second-order valence-corrected chi connectivity index (χ2v) is 18.3. The molecular weight excluding hydrogens is 725 g/mol. The number of rotatable bonds is 19. The fourth-order valence-corrected chi connectivity index (χ4v) is 10.0. The number of ether oxygens (including phenoxy) is 2. The van der Waals surface area contributed by atoms with Crippen LogP contribution in [0.5, 0.6) is 0 Å². The molecule has 4 amide bonds. The monoisotopic (exact) mass is 791 g/mol. The summed E-state index contributed by atoms with van der Waals surface area (Å²) in [4.78, 5) is 81.4. The molecule has 14 nitrogen and oxygen atoms in total. The first-order chi connectivity index (χ1) is 25.9. The Hall–Kier alpha value is -2.87. The lowest BCUT2D eigenvalue weighted by molar-refractivity contribution is -0.148. The van der Waals surface area contributed by atoms with Gasteiger partial charge in [0, 0.05) is 40.3 Å². The number of benzene rings is 1. The first-order valence-corrected chi connectivity index (χ1v) is 21.7. The summed E-state index contributed by atoms with van der Waals surface area (Å²) >= 11 is 0. The van der Waals surface area contributed by atoms with E-state index in [9.17, 15) is 33.5 Å². The smallest absolute Gasteiger partial charge is 0.347 e. The van der Waals surface area contributed by atoms with Crippen molar-refractivity contribution in [1.82, 2.24) is 25.3 Å². The lowest BCUT2D eigenvalue weighted by Crippen LogP contribution is -2.60. The molecule has 4 rings (SSSR count). The Morgan fingerprint density at radius 3 is 2.22 bits per heavy atom. The molecule has 3 aliphatic rings. The van der Waals surface area contributed by atoms with Crippen LogP contribution in [0.1, 0.15) is 85.1 Å². The van der Waals surface area contributed by atoms with Crippen LogP contribution < -0.4 is 10.6 Å². The molecule has 1 aromatic rings. The van der Waals surface area contributed by atoms with E-state index in [1.54, 1.807) is 54.1 Å². The fourth-order valence-electron chi connectivity index (χ4n) is 9.27. The molecule has 0 radical (unpaired) electrons. The Labute approximate surface area is 327 Å². The Kier molecular flexibility index (Phi) is 15.9. The molecule has 0 spiro atoms. The molecule has 2 aliphatic heterocycles. The lowest BCUT2D eigenvalue weighted by atomic mass is 9.89. The van der Waals surface area contributed by atoms with Crippen molar-refractivity contribution in [2.24, 2.45) is 23.7 Å². The molecule has 11 atom stereocenters. The van der Waals surface area contributed by atoms with Gasteiger partial charge < -0.3 is 39.7 Å². The third kappa shape index (κ3) is 10.6. The third-order valence-electron chi connectivity index (χ3n) is 12.7. The summed E-state index contributed by atoms with van der Waals surface area (Å²) in [6.07, 6.45) is 3.62. The minimum Gasteiger partial charge on any atom is -0.379 e. The molecule has 2 bridgehead atoms. The van der Waals surface area contributed by atoms with Crippen molar-refractivity contribution in [3.8, 4) is 0 Å². The van der Waals surface area contributed by atoms with Crippen LogP contribution in [-0.4, -0.2) is 131 Å². The van der Waals surface area contributed by atoms with Gasteiger partial charge in [0.25, 0.3) is 0 Å². The topological polar surface area (TPSA) is 178 Å². The number of methoxy groups -OCH3 is 2. The zero-order valence-electron chi connectivity index (χ0n) is 34.2. The van der Waals surface area contributed by atoms with Crippen LogP contribution in [0.25, 0.3) is 0 Å². The number of piperidine rings is 1. The highest BCUT2D eigenvalue weighted by Gasteiger charge is 2.49. The van der Waals surface area contributed by atoms with E-state index < -0.39 is 55.5 Å². The predicted molar refractivity (Wildman–Crippen MR) is 210 cm³/mol. The van der Waals surface area contributed by atoms with Crippen LogP contribution in [0, 0.1) is 23.7 Å². The first-order valence-electron chi connectivity index (χ1n) is 20.0. The summed E-state index contributed by atoms with van der Waals surface area (Å²) in [5.74, 6) is -3.32. The van der Waals surface area contributed by atoms with Gasteiger partial charge in [-0.05, 0) is 62.5 Å². The third-order valence-corrected chi connectivity index (χ3v) is 13.8. The van der Waals surface area contributed by atoms with Crippen molar-refractivity contribution in [1.29, 1.82) is 0 Å². The molecule has 310 valence electrons. The predicted octanol–water partition coefficient (Wildman–Crippen LogP) is 3.39. The van der Waals surface area contributed by atoms with Crippen molar-refractivity contribution in [3.63, 3.8) is 0 Å². The van der Waals surface area contributed by atoms with Gasteiger partial charge in [0.2, 0.25) is 23.6 Å². The molecule has 2 heterocycles. The summed E-state index contributed by atoms with van der Waals surface area (Å²) < 4.78 is 24.3. The Bertz CT molecular complexity index is 1510. The fraction of sp³-hybridized carbons (Fsp3) is 0.750. The summed E-state index contributed by atoms with van der Waals surface area (Å²) in [5, 5.41) is 5.67. The van der Waals surface area contributed by atoms with Gasteiger partial charge in [-0.2, -0.15) is 0 Å². The van der Waals surface area contributed by atoms with Gasteiger partial charge in [-0.1, -0.05) is 71.4 Å². The number of carbonyl (C=O) groups is 4. The summed E-state index contributed by atoms with van der Waals surface area (Å²) in [7, 11) is 2.02. The average Bonchev–Trinajstić information content (AvgIpc) is 3.90. The number of amides is 4. The zero-order chi connectivity index (χ0) is 40.8. The summed E-state index contributed by atoms with van der Waals surface area (Å²) in [6, 6.07) is 7.28. The maximum absolute atomic E-state index is 14.3. The number of likely N-dealkylation sites (tertiary alicyclic amines) is 2. The molecule has 1 saturated carbocycles. The number of carbonyl (C=O) groups excluding carboxylic acids is 4. The van der Waals surface area contributed by atoms with Crippen LogP contribution >= 0.6 is 7.60 Å². The maximum atomic E-state index is 14.3. The minimum absolute atomic E-state index is 0.0252. The molecule has 3 fully saturated rings. The highest BCUT2D eigenvalue weighted by atomic mass is 31.2. The highest BCUT2D eigenvalue weighted by molar-refractivity contribution is 7.52. The maximum Gasteiger partial charge on any atom is 0.347 e. The standard InChI is InChI=1S/C40H66N5O9P/c1-10-25(4)35(44(7)40(49)34(24(2)3)42-39(48)36-28-18-19-29(22-28)43(36)6)31(53-8)23-33(46)45-20-14-17-30(45)37(54-9)26(5)38(47)41-32(55(50,51)52)21-27-15-12-11-13-16-27/h11-13,15-16,24-26,28-32,34-37H,10,14,17-23H2,1-9H3,(H,41,47)(H,42,48)(H2,50,51,52)/t25?,26?,28-,29+,30-,31?,32?,34?,35?,36-,37?/m0/s1. The molecular formula is C40H66N5O9P. The van der Waals surface area contributed by atoms with E-state index in [-0.39, 0.29) is 48.4 Å². The van der Waals surface area contributed by atoms with E-state index in [2.05, 4.69) is 15.5 Å². The largest absolute Gasteiger partial charge is 0.379 e. The summed E-state index contributed by atoms with van der Waals surface area (Å²) in [6.45, 7) is 9.98. The van der Waals surface area contributed by atoms with E-state index >= 15 is 0 Å². The SMILES string of the molecule is CCC(C)C(C(CC(=O)N1CCC[C@H]1C(OC)C(C)C(=O)NC(Cc1ccccc1)P(=O)(O)O)OC)N(C)C(=O)C(NC(=O)[C@@H]1[C@H]2CC[C@H](C2)N1C)C(C)C. The van der Waals surface area contributed by atoms with Crippen molar-refractivity contribution < 1.29 is 43.0 Å². The molecule has 1 aromatic carbocycles. The zero-order valence-corrected chi connectivity index (χ0v) is 35.1. The van der Waals surface area contributed by atoms with E-state index in [4.69, 9.17) is 9.47 Å². The Balaban J connectivity index is 1.47. The number of nitrogens with one attached hydrogen (secondary N) is 2. The molecule has 15 heteroatoms. The van der Waals surface area contributed by atoms with Gasteiger partial charge in [0.05, 0.1) is 42.7 Å². The lowest BCUT2D eigenvalue weighted by Gasteiger charge is -2.41. The second-order valence-electron chi connectivity index (χ2n) is 16.5. The van der Waals surface area contributed by atoms with Gasteiger partial charge in [-0.3, -0.25) is 28.6 Å². The van der Waals surface area contributed by atoms with Gasteiger partial charge in [0.15, 0.2) is 0 Å². The van der Waals surface area contributed by atoms with Crippen molar-refractivity contribution >= 4 is 31.2 Å². The highest BCUT2D eigenvalue weighted by Crippen LogP contribution is 2.42. The number of nitrogens with zero attached hydrogens (tertiary/aromatic N) is 3. The Morgan fingerprint density at radius 1 is 1.00 bits per heavy atom. The number of fused-ring (bicyclic) bond motifs is 2. The van der Waals surface area contributed by atoms with Crippen LogP contribution in [0.2, 0.25) is 0 Å². The second kappa shape index (κ2) is 19.5. The normalized spacial score (nSPS) is 25.2. The minimum atomic E-state index is -4.71. The van der Waals surface area contributed by atoms with E-state index in [0.717, 1.165) is 25.7 Å². The van der Waals surface area contributed by atoms with Crippen LogP contribution in [-0.2, 0) is 39.6 Å². The molecule has 4 N–H and O–H groups in total. The molecule has 7 unspecified atom stereocenters. The summed E-state index contributed by atoms with van der Waals surface area (Å²) in [5.41, 5.74) is 0.670. The van der Waals surface area contributed by atoms with Crippen LogP contribution in [0.15, 0.2) is 30.3 Å². The van der Waals surface area contributed by atoms with E-state index in [1.165, 1.54) is 14.2 Å².